The molecule has 0 saturated carbocycles. The lowest BCUT2D eigenvalue weighted by atomic mass is 10.0. The molecular formula is C24H20ClNO3. The van der Waals surface area contributed by atoms with E-state index in [2.05, 4.69) is 5.32 Å². The van der Waals surface area contributed by atoms with Crippen LogP contribution in [0.5, 0.6) is 0 Å². The lowest BCUT2D eigenvalue weighted by Gasteiger charge is -2.15. The number of para-hydroxylation sites is 1. The van der Waals surface area contributed by atoms with Gasteiger partial charge in [-0.25, -0.2) is 4.79 Å². The smallest absolute Gasteiger partial charge is 0.339 e. The number of carbonyl (C=O) groups is 2. The number of hydrogen-bond donors (Lipinski definition) is 1. The molecule has 0 aliphatic carbocycles. The Balaban J connectivity index is 1.80. The Morgan fingerprint density at radius 3 is 2.10 bits per heavy atom. The van der Waals surface area contributed by atoms with Gasteiger partial charge < -0.3 is 10.1 Å². The van der Waals surface area contributed by atoms with Crippen molar-refractivity contribution in [1.82, 2.24) is 0 Å². The average molecular weight is 406 g/mol. The molecule has 0 aliphatic heterocycles. The zero-order valence-corrected chi connectivity index (χ0v) is 16.6. The van der Waals surface area contributed by atoms with E-state index in [1.54, 1.807) is 42.5 Å². The molecule has 0 radical (unpaired) electrons. The molecule has 0 heterocycles. The maximum atomic E-state index is 12.9. The van der Waals surface area contributed by atoms with Crippen molar-refractivity contribution in [1.29, 1.82) is 0 Å². The maximum absolute atomic E-state index is 12.9. The molecule has 0 spiro atoms. The summed E-state index contributed by atoms with van der Waals surface area (Å²) in [5.74, 6) is -0.994. The van der Waals surface area contributed by atoms with Crippen LogP contribution in [0.1, 0.15) is 18.1 Å². The molecular weight excluding hydrogens is 386 g/mol. The fraction of sp³-hybridized carbons (Fsp3) is 0.0833. The fourth-order valence-electron chi connectivity index (χ4n) is 2.65. The van der Waals surface area contributed by atoms with Crippen molar-refractivity contribution in [3.63, 3.8) is 0 Å². The zero-order chi connectivity index (χ0) is 20.6. The van der Waals surface area contributed by atoms with Crippen LogP contribution in [0.25, 0.3) is 11.6 Å². The van der Waals surface area contributed by atoms with Crippen molar-refractivity contribution in [2.75, 3.05) is 5.32 Å². The van der Waals surface area contributed by atoms with Gasteiger partial charge >= 0.3 is 5.97 Å². The predicted octanol–water partition coefficient (Wildman–Crippen LogP) is 5.45. The Morgan fingerprint density at radius 1 is 0.897 bits per heavy atom. The second kappa shape index (κ2) is 9.71. The summed E-state index contributed by atoms with van der Waals surface area (Å²) in [5.41, 5.74) is 2.47. The van der Waals surface area contributed by atoms with E-state index < -0.39 is 18.0 Å². The van der Waals surface area contributed by atoms with Crippen LogP contribution in [0.3, 0.4) is 0 Å². The van der Waals surface area contributed by atoms with Crippen molar-refractivity contribution >= 4 is 40.8 Å². The van der Waals surface area contributed by atoms with Gasteiger partial charge in [0.05, 0.1) is 5.57 Å². The van der Waals surface area contributed by atoms with Gasteiger partial charge in [0, 0.05) is 10.7 Å². The van der Waals surface area contributed by atoms with Crippen LogP contribution in [0.15, 0.2) is 84.9 Å². The van der Waals surface area contributed by atoms with Crippen molar-refractivity contribution in [2.45, 2.75) is 13.0 Å². The highest BCUT2D eigenvalue weighted by Gasteiger charge is 2.21. The summed E-state index contributed by atoms with van der Waals surface area (Å²) in [6, 6.07) is 25.3. The third kappa shape index (κ3) is 5.80. The summed E-state index contributed by atoms with van der Waals surface area (Å²) in [5, 5.41) is 3.30. The summed E-state index contributed by atoms with van der Waals surface area (Å²) in [6.07, 6.45) is 0.766. The summed E-state index contributed by atoms with van der Waals surface area (Å²) >= 11 is 5.97. The lowest BCUT2D eigenvalue weighted by molar-refractivity contribution is -0.147. The van der Waals surface area contributed by atoms with Crippen molar-refractivity contribution < 1.29 is 14.3 Å². The first kappa shape index (κ1) is 20.4. The Morgan fingerprint density at radius 2 is 1.48 bits per heavy atom. The van der Waals surface area contributed by atoms with Gasteiger partial charge in [-0.05, 0) is 48.4 Å². The SMILES string of the molecule is CC(OC(=O)/C(=C/c1ccccc1)c1ccc(Cl)cc1)C(=O)Nc1ccccc1. The van der Waals surface area contributed by atoms with Gasteiger partial charge in [0.2, 0.25) is 0 Å². The molecule has 3 aromatic carbocycles. The number of ether oxygens (including phenoxy) is 1. The number of rotatable bonds is 6. The van der Waals surface area contributed by atoms with Gasteiger partial charge in [-0.15, -0.1) is 0 Å². The number of carbonyl (C=O) groups excluding carboxylic acids is 2. The first-order valence-corrected chi connectivity index (χ1v) is 9.50. The largest absolute Gasteiger partial charge is 0.449 e. The molecule has 5 heteroatoms. The van der Waals surface area contributed by atoms with Gasteiger partial charge in [0.1, 0.15) is 0 Å². The molecule has 146 valence electrons. The molecule has 29 heavy (non-hydrogen) atoms. The highest BCUT2D eigenvalue weighted by atomic mass is 35.5. The van der Waals surface area contributed by atoms with Crippen molar-refractivity contribution in [3.05, 3.63) is 101 Å². The van der Waals surface area contributed by atoms with E-state index in [4.69, 9.17) is 16.3 Å². The lowest BCUT2D eigenvalue weighted by Crippen LogP contribution is -2.30. The fourth-order valence-corrected chi connectivity index (χ4v) is 2.77. The van der Waals surface area contributed by atoms with E-state index in [1.165, 1.54) is 6.92 Å². The molecule has 0 fully saturated rings. The summed E-state index contributed by atoms with van der Waals surface area (Å²) in [6.45, 7) is 1.54. The Hall–Kier alpha value is -3.37. The molecule has 0 aromatic heterocycles. The summed E-state index contributed by atoms with van der Waals surface area (Å²) < 4.78 is 5.45. The van der Waals surface area contributed by atoms with Crippen LogP contribution in [-0.2, 0) is 14.3 Å². The Kier molecular flexibility index (Phi) is 6.82. The molecule has 0 aliphatic rings. The van der Waals surface area contributed by atoms with Crippen LogP contribution in [-0.4, -0.2) is 18.0 Å². The zero-order valence-electron chi connectivity index (χ0n) is 15.8. The quantitative estimate of drug-likeness (QED) is 0.337. The van der Waals surface area contributed by atoms with Gasteiger partial charge in [0.15, 0.2) is 6.10 Å². The van der Waals surface area contributed by atoms with Crippen molar-refractivity contribution in [2.24, 2.45) is 0 Å². The second-order valence-corrected chi connectivity index (χ2v) is 6.81. The van der Waals surface area contributed by atoms with Crippen LogP contribution in [0, 0.1) is 0 Å². The van der Waals surface area contributed by atoms with Crippen LogP contribution in [0.2, 0.25) is 5.02 Å². The number of benzene rings is 3. The van der Waals surface area contributed by atoms with E-state index in [9.17, 15) is 9.59 Å². The van der Waals surface area contributed by atoms with E-state index in [1.807, 2.05) is 48.5 Å². The molecule has 3 rings (SSSR count). The van der Waals surface area contributed by atoms with Crippen LogP contribution in [0.4, 0.5) is 5.69 Å². The molecule has 1 atom stereocenters. The monoisotopic (exact) mass is 405 g/mol. The standard InChI is InChI=1S/C24H20ClNO3/c1-17(23(27)26-21-10-6-3-7-11-21)29-24(28)22(16-18-8-4-2-5-9-18)19-12-14-20(25)15-13-19/h2-17H,1H3,(H,26,27)/b22-16+. The molecule has 0 bridgehead atoms. The van der Waals surface area contributed by atoms with E-state index in [0.717, 1.165) is 5.56 Å². The number of anilines is 1. The number of hydrogen-bond acceptors (Lipinski definition) is 3. The maximum Gasteiger partial charge on any atom is 0.339 e. The van der Waals surface area contributed by atoms with E-state index >= 15 is 0 Å². The minimum absolute atomic E-state index is 0.340. The normalized spacial score (nSPS) is 12.1. The molecule has 4 nitrogen and oxygen atoms in total. The first-order chi connectivity index (χ1) is 14.0. The summed E-state index contributed by atoms with van der Waals surface area (Å²) in [4.78, 5) is 25.3. The molecule has 1 amide bonds. The molecule has 1 N–H and O–H groups in total. The first-order valence-electron chi connectivity index (χ1n) is 9.12. The number of amides is 1. The topological polar surface area (TPSA) is 55.4 Å². The highest BCUT2D eigenvalue weighted by molar-refractivity contribution is 6.30. The third-order valence-electron chi connectivity index (χ3n) is 4.18. The molecule has 1 unspecified atom stereocenters. The minimum Gasteiger partial charge on any atom is -0.449 e. The third-order valence-corrected chi connectivity index (χ3v) is 4.43. The van der Waals surface area contributed by atoms with Crippen LogP contribution >= 0.6 is 11.6 Å². The number of nitrogens with one attached hydrogen (secondary N) is 1. The van der Waals surface area contributed by atoms with E-state index in [0.29, 0.717) is 21.8 Å². The average Bonchev–Trinajstić information content (AvgIpc) is 2.74. The minimum atomic E-state index is -0.964. The van der Waals surface area contributed by atoms with Gasteiger partial charge in [-0.1, -0.05) is 72.3 Å². The molecule has 0 saturated heterocycles. The van der Waals surface area contributed by atoms with Crippen LogP contribution < -0.4 is 5.32 Å². The van der Waals surface area contributed by atoms with Gasteiger partial charge in [-0.3, -0.25) is 4.79 Å². The Bertz CT molecular complexity index is 999. The Labute approximate surface area is 174 Å². The highest BCUT2D eigenvalue weighted by Crippen LogP contribution is 2.23. The second-order valence-electron chi connectivity index (χ2n) is 6.38. The molecule has 3 aromatic rings. The van der Waals surface area contributed by atoms with Gasteiger partial charge in [-0.2, -0.15) is 0 Å². The van der Waals surface area contributed by atoms with E-state index in [-0.39, 0.29) is 0 Å². The van der Waals surface area contributed by atoms with Gasteiger partial charge in [0.25, 0.3) is 5.91 Å². The van der Waals surface area contributed by atoms with Crippen molar-refractivity contribution in [3.8, 4) is 0 Å². The number of halogens is 1. The number of esters is 1. The summed E-state index contributed by atoms with van der Waals surface area (Å²) in [7, 11) is 0. The predicted molar refractivity (Wildman–Crippen MR) is 116 cm³/mol.